The van der Waals surface area contributed by atoms with E-state index in [2.05, 4.69) is 43.6 Å². The van der Waals surface area contributed by atoms with E-state index >= 15 is 0 Å². The molecule has 0 amide bonds. The monoisotopic (exact) mass is 253 g/mol. The largest absolute Gasteiger partial charge is 0.314 e. The SMILES string of the molecule is CCCC(C)C(CCCc1cccs1)NCC. The maximum atomic E-state index is 3.65. The van der Waals surface area contributed by atoms with Crippen LogP contribution in [0.4, 0.5) is 0 Å². The second-order valence-electron chi connectivity index (χ2n) is 4.90. The molecule has 1 nitrogen and oxygen atoms in total. The van der Waals surface area contributed by atoms with E-state index in [4.69, 9.17) is 0 Å². The Morgan fingerprint density at radius 2 is 2.12 bits per heavy atom. The van der Waals surface area contributed by atoms with Gasteiger partial charge in [0.1, 0.15) is 0 Å². The lowest BCUT2D eigenvalue weighted by Crippen LogP contribution is -2.34. The van der Waals surface area contributed by atoms with E-state index in [0.717, 1.165) is 12.5 Å². The highest BCUT2D eigenvalue weighted by Gasteiger charge is 2.14. The predicted molar refractivity (Wildman–Crippen MR) is 78.8 cm³/mol. The summed E-state index contributed by atoms with van der Waals surface area (Å²) >= 11 is 1.89. The van der Waals surface area contributed by atoms with Crippen LogP contribution in [-0.2, 0) is 6.42 Å². The second-order valence-corrected chi connectivity index (χ2v) is 5.93. The molecule has 1 aromatic heterocycles. The van der Waals surface area contributed by atoms with Gasteiger partial charge >= 0.3 is 0 Å². The molecular weight excluding hydrogens is 226 g/mol. The number of aryl methyl sites for hydroxylation is 1. The molecule has 0 aromatic carbocycles. The fourth-order valence-corrected chi connectivity index (χ4v) is 3.21. The van der Waals surface area contributed by atoms with Crippen molar-refractivity contribution in [3.8, 4) is 0 Å². The van der Waals surface area contributed by atoms with Crippen molar-refractivity contribution in [1.29, 1.82) is 0 Å². The number of hydrogen-bond donors (Lipinski definition) is 1. The fraction of sp³-hybridized carbons (Fsp3) is 0.733. The number of thiophene rings is 1. The average molecular weight is 253 g/mol. The Hall–Kier alpha value is -0.340. The normalized spacial score (nSPS) is 14.8. The molecule has 1 aromatic rings. The van der Waals surface area contributed by atoms with Gasteiger partial charge in [0.15, 0.2) is 0 Å². The molecule has 1 heterocycles. The summed E-state index contributed by atoms with van der Waals surface area (Å²) < 4.78 is 0. The molecule has 0 saturated carbocycles. The van der Waals surface area contributed by atoms with Crippen molar-refractivity contribution in [3.63, 3.8) is 0 Å². The summed E-state index contributed by atoms with van der Waals surface area (Å²) in [7, 11) is 0. The fourth-order valence-electron chi connectivity index (χ4n) is 2.46. The van der Waals surface area contributed by atoms with Crippen LogP contribution < -0.4 is 5.32 Å². The minimum absolute atomic E-state index is 0.708. The zero-order valence-electron chi connectivity index (χ0n) is 11.5. The van der Waals surface area contributed by atoms with Crippen molar-refractivity contribution < 1.29 is 0 Å². The summed E-state index contributed by atoms with van der Waals surface area (Å²) in [6.45, 7) is 7.98. The number of hydrogen-bond acceptors (Lipinski definition) is 2. The Balaban J connectivity index is 2.28. The van der Waals surface area contributed by atoms with E-state index in [-0.39, 0.29) is 0 Å². The average Bonchev–Trinajstić information content (AvgIpc) is 2.81. The first-order chi connectivity index (χ1) is 8.27. The molecule has 98 valence electrons. The van der Waals surface area contributed by atoms with Crippen molar-refractivity contribution in [2.45, 2.75) is 58.9 Å². The molecule has 17 heavy (non-hydrogen) atoms. The van der Waals surface area contributed by atoms with Gasteiger partial charge in [-0.05, 0) is 49.6 Å². The molecule has 0 aliphatic carbocycles. The molecule has 1 rings (SSSR count). The zero-order valence-corrected chi connectivity index (χ0v) is 12.4. The zero-order chi connectivity index (χ0) is 12.5. The number of rotatable bonds is 9. The van der Waals surface area contributed by atoms with E-state index < -0.39 is 0 Å². The van der Waals surface area contributed by atoms with Crippen LogP contribution in [-0.4, -0.2) is 12.6 Å². The maximum absolute atomic E-state index is 3.65. The van der Waals surface area contributed by atoms with Crippen LogP contribution >= 0.6 is 11.3 Å². The van der Waals surface area contributed by atoms with E-state index in [1.54, 1.807) is 0 Å². The van der Waals surface area contributed by atoms with Crippen LogP contribution in [0.3, 0.4) is 0 Å². The van der Waals surface area contributed by atoms with Crippen molar-refractivity contribution in [1.82, 2.24) is 5.32 Å². The van der Waals surface area contributed by atoms with Gasteiger partial charge in [-0.1, -0.05) is 33.3 Å². The molecule has 0 spiro atoms. The molecule has 0 saturated heterocycles. The standard InChI is InChI=1S/C15H27NS/c1-4-8-13(3)15(16-5-2)11-6-9-14-10-7-12-17-14/h7,10,12-13,15-16H,4-6,8-9,11H2,1-3H3. The number of nitrogens with one attached hydrogen (secondary N) is 1. The van der Waals surface area contributed by atoms with Crippen LogP contribution in [0.2, 0.25) is 0 Å². The highest BCUT2D eigenvalue weighted by molar-refractivity contribution is 7.09. The first kappa shape index (κ1) is 14.7. The molecular formula is C15H27NS. The topological polar surface area (TPSA) is 12.0 Å². The lowest BCUT2D eigenvalue weighted by Gasteiger charge is -2.24. The molecule has 0 radical (unpaired) electrons. The van der Waals surface area contributed by atoms with Gasteiger partial charge in [-0.2, -0.15) is 0 Å². The highest BCUT2D eigenvalue weighted by atomic mass is 32.1. The van der Waals surface area contributed by atoms with Crippen LogP contribution in [0.1, 0.15) is 51.3 Å². The minimum atomic E-state index is 0.708. The summed E-state index contributed by atoms with van der Waals surface area (Å²) in [4.78, 5) is 1.53. The molecule has 1 N–H and O–H groups in total. The van der Waals surface area contributed by atoms with Gasteiger partial charge in [-0.3, -0.25) is 0 Å². The van der Waals surface area contributed by atoms with Gasteiger partial charge in [0.25, 0.3) is 0 Å². The van der Waals surface area contributed by atoms with E-state index in [1.165, 1.54) is 37.0 Å². The van der Waals surface area contributed by atoms with Gasteiger partial charge in [0.2, 0.25) is 0 Å². The van der Waals surface area contributed by atoms with E-state index in [1.807, 2.05) is 11.3 Å². The Morgan fingerprint density at radius 1 is 1.29 bits per heavy atom. The summed E-state index contributed by atoms with van der Waals surface area (Å²) in [5.41, 5.74) is 0. The van der Waals surface area contributed by atoms with Gasteiger partial charge in [0.05, 0.1) is 0 Å². The van der Waals surface area contributed by atoms with Crippen LogP contribution in [0.25, 0.3) is 0 Å². The van der Waals surface area contributed by atoms with Gasteiger partial charge in [-0.15, -0.1) is 11.3 Å². The first-order valence-corrected chi connectivity index (χ1v) is 7.91. The van der Waals surface area contributed by atoms with Crippen molar-refractivity contribution >= 4 is 11.3 Å². The van der Waals surface area contributed by atoms with Crippen molar-refractivity contribution in [3.05, 3.63) is 22.4 Å². The lowest BCUT2D eigenvalue weighted by molar-refractivity contribution is 0.336. The Labute approximate surface area is 111 Å². The lowest BCUT2D eigenvalue weighted by atomic mass is 9.92. The van der Waals surface area contributed by atoms with E-state index in [9.17, 15) is 0 Å². The van der Waals surface area contributed by atoms with Crippen molar-refractivity contribution in [2.24, 2.45) is 5.92 Å². The summed E-state index contributed by atoms with van der Waals surface area (Å²) in [5, 5.41) is 5.83. The molecule has 0 aliphatic rings. The van der Waals surface area contributed by atoms with Gasteiger partial charge in [0, 0.05) is 10.9 Å². The third-order valence-corrected chi connectivity index (χ3v) is 4.35. The van der Waals surface area contributed by atoms with Crippen LogP contribution in [0, 0.1) is 5.92 Å². The first-order valence-electron chi connectivity index (χ1n) is 7.03. The van der Waals surface area contributed by atoms with Gasteiger partial charge < -0.3 is 5.32 Å². The minimum Gasteiger partial charge on any atom is -0.314 e. The van der Waals surface area contributed by atoms with Crippen LogP contribution in [0.15, 0.2) is 17.5 Å². The second kappa shape index (κ2) is 8.71. The third kappa shape index (κ3) is 5.69. The molecule has 2 unspecified atom stereocenters. The Kier molecular flexibility index (Phi) is 7.54. The van der Waals surface area contributed by atoms with E-state index in [0.29, 0.717) is 6.04 Å². The molecule has 0 fully saturated rings. The summed E-state index contributed by atoms with van der Waals surface area (Å²) in [6, 6.07) is 5.11. The quantitative estimate of drug-likeness (QED) is 0.684. The summed E-state index contributed by atoms with van der Waals surface area (Å²) in [5.74, 6) is 0.809. The molecule has 2 heteroatoms. The van der Waals surface area contributed by atoms with Gasteiger partial charge in [-0.25, -0.2) is 0 Å². The molecule has 0 bridgehead atoms. The van der Waals surface area contributed by atoms with Crippen LogP contribution in [0.5, 0.6) is 0 Å². The smallest absolute Gasteiger partial charge is 0.00926 e. The maximum Gasteiger partial charge on any atom is 0.00926 e. The predicted octanol–water partition coefficient (Wildman–Crippen LogP) is 4.49. The third-order valence-electron chi connectivity index (χ3n) is 3.42. The molecule has 2 atom stereocenters. The highest BCUT2D eigenvalue weighted by Crippen LogP contribution is 2.18. The Morgan fingerprint density at radius 3 is 2.71 bits per heavy atom. The van der Waals surface area contributed by atoms with Crippen molar-refractivity contribution in [2.75, 3.05) is 6.54 Å². The summed E-state index contributed by atoms with van der Waals surface area (Å²) in [6.07, 6.45) is 6.52. The Bertz CT molecular complexity index is 268. The molecule has 0 aliphatic heterocycles.